The van der Waals surface area contributed by atoms with Gasteiger partial charge in [-0.2, -0.15) is 0 Å². The summed E-state index contributed by atoms with van der Waals surface area (Å²) in [6, 6.07) is 2.00. The standard InChI is InChI=1S/C22H32F2N2O3/c1-21(2,3)29-20(27)11-15-10-18(24)19(12-17(15)23)28-9-6-22(25)13-16(22)14-4-7-26-8-5-14/h10,12,14,16,26H,4-9,11,13,25H2,1-3H3. The minimum absolute atomic E-state index is 0.0486. The minimum Gasteiger partial charge on any atom is -0.490 e. The van der Waals surface area contributed by atoms with E-state index < -0.39 is 23.2 Å². The van der Waals surface area contributed by atoms with Crippen molar-refractivity contribution in [3.8, 4) is 5.75 Å². The number of piperidine rings is 1. The van der Waals surface area contributed by atoms with Gasteiger partial charge in [0.1, 0.15) is 11.4 Å². The second kappa shape index (κ2) is 8.56. The van der Waals surface area contributed by atoms with Gasteiger partial charge in [0.25, 0.3) is 0 Å². The molecule has 29 heavy (non-hydrogen) atoms. The average molecular weight is 411 g/mol. The molecule has 0 spiro atoms. The molecule has 1 aromatic carbocycles. The van der Waals surface area contributed by atoms with Crippen LogP contribution < -0.4 is 15.8 Å². The molecule has 0 bridgehead atoms. The average Bonchev–Trinajstić information content (AvgIpc) is 3.30. The van der Waals surface area contributed by atoms with Crippen LogP contribution in [0.1, 0.15) is 52.0 Å². The Kier molecular flexibility index (Phi) is 6.48. The summed E-state index contributed by atoms with van der Waals surface area (Å²) >= 11 is 0. The predicted octanol–water partition coefficient (Wildman–Crippen LogP) is 3.33. The molecule has 7 heteroatoms. The Balaban J connectivity index is 1.51. The van der Waals surface area contributed by atoms with Gasteiger partial charge >= 0.3 is 5.97 Å². The molecule has 2 aliphatic rings. The van der Waals surface area contributed by atoms with Crippen LogP contribution in [-0.4, -0.2) is 36.8 Å². The lowest BCUT2D eigenvalue weighted by atomic mass is 9.90. The Morgan fingerprint density at radius 2 is 1.93 bits per heavy atom. The highest BCUT2D eigenvalue weighted by Gasteiger charge is 2.53. The first-order valence-corrected chi connectivity index (χ1v) is 10.4. The quantitative estimate of drug-likeness (QED) is 0.675. The van der Waals surface area contributed by atoms with Crippen LogP contribution in [0, 0.1) is 23.5 Å². The number of carbonyl (C=O) groups is 1. The van der Waals surface area contributed by atoms with Crippen molar-refractivity contribution in [3.63, 3.8) is 0 Å². The smallest absolute Gasteiger partial charge is 0.310 e. The van der Waals surface area contributed by atoms with Crippen LogP contribution in [0.2, 0.25) is 0 Å². The molecule has 1 saturated carbocycles. The van der Waals surface area contributed by atoms with Gasteiger partial charge < -0.3 is 20.5 Å². The number of ether oxygens (including phenoxy) is 2. The second-order valence-corrected chi connectivity index (χ2v) is 9.37. The lowest BCUT2D eigenvalue weighted by molar-refractivity contribution is -0.153. The zero-order valence-electron chi connectivity index (χ0n) is 17.5. The molecule has 1 heterocycles. The lowest BCUT2D eigenvalue weighted by Crippen LogP contribution is -2.34. The minimum atomic E-state index is -0.693. The lowest BCUT2D eigenvalue weighted by Gasteiger charge is -2.25. The molecule has 5 nitrogen and oxygen atoms in total. The van der Waals surface area contributed by atoms with E-state index in [1.54, 1.807) is 20.8 Å². The topological polar surface area (TPSA) is 73.6 Å². The van der Waals surface area contributed by atoms with Crippen molar-refractivity contribution in [2.75, 3.05) is 19.7 Å². The molecule has 2 fully saturated rings. The van der Waals surface area contributed by atoms with E-state index in [-0.39, 0.29) is 29.9 Å². The fourth-order valence-electron chi connectivity index (χ4n) is 4.22. The van der Waals surface area contributed by atoms with Crippen LogP contribution in [0.15, 0.2) is 12.1 Å². The zero-order chi connectivity index (χ0) is 21.2. The molecule has 1 aliphatic heterocycles. The Morgan fingerprint density at radius 3 is 2.59 bits per heavy atom. The van der Waals surface area contributed by atoms with Gasteiger partial charge in [0.2, 0.25) is 0 Å². The molecule has 0 radical (unpaired) electrons. The van der Waals surface area contributed by atoms with Crippen molar-refractivity contribution in [2.24, 2.45) is 17.6 Å². The van der Waals surface area contributed by atoms with Gasteiger partial charge in [-0.1, -0.05) is 0 Å². The van der Waals surface area contributed by atoms with Crippen LogP contribution in [0.4, 0.5) is 8.78 Å². The van der Waals surface area contributed by atoms with Crippen molar-refractivity contribution in [1.82, 2.24) is 5.32 Å². The number of hydrogen-bond acceptors (Lipinski definition) is 5. The molecule has 0 amide bonds. The van der Waals surface area contributed by atoms with E-state index in [2.05, 4.69) is 5.32 Å². The van der Waals surface area contributed by atoms with E-state index in [9.17, 15) is 13.6 Å². The van der Waals surface area contributed by atoms with Crippen molar-refractivity contribution in [3.05, 3.63) is 29.3 Å². The molecule has 0 aromatic heterocycles. The number of benzene rings is 1. The van der Waals surface area contributed by atoms with Gasteiger partial charge in [-0.25, -0.2) is 8.78 Å². The van der Waals surface area contributed by atoms with Crippen LogP contribution in [0.5, 0.6) is 5.75 Å². The molecular formula is C22H32F2N2O3. The summed E-state index contributed by atoms with van der Waals surface area (Å²) in [4.78, 5) is 11.9. The predicted molar refractivity (Wildman–Crippen MR) is 107 cm³/mol. The number of nitrogens with two attached hydrogens (primary N) is 1. The fourth-order valence-corrected chi connectivity index (χ4v) is 4.22. The molecule has 1 saturated heterocycles. The summed E-state index contributed by atoms with van der Waals surface area (Å²) in [5.41, 5.74) is 5.48. The summed E-state index contributed by atoms with van der Waals surface area (Å²) in [7, 11) is 0. The van der Waals surface area contributed by atoms with E-state index >= 15 is 0 Å². The van der Waals surface area contributed by atoms with Crippen LogP contribution in [0.3, 0.4) is 0 Å². The number of hydrogen-bond donors (Lipinski definition) is 2. The number of carbonyl (C=O) groups excluding carboxylic acids is 1. The maximum absolute atomic E-state index is 14.3. The molecule has 2 atom stereocenters. The van der Waals surface area contributed by atoms with Gasteiger partial charge in [-0.15, -0.1) is 0 Å². The molecule has 162 valence electrons. The third-order valence-corrected chi connectivity index (χ3v) is 5.81. The maximum Gasteiger partial charge on any atom is 0.310 e. The molecule has 3 N–H and O–H groups in total. The summed E-state index contributed by atoms with van der Waals surface area (Å²) in [6.07, 6.45) is 3.53. The van der Waals surface area contributed by atoms with E-state index in [1.807, 2.05) is 0 Å². The van der Waals surface area contributed by atoms with E-state index in [0.717, 1.165) is 44.5 Å². The van der Waals surface area contributed by atoms with Crippen molar-refractivity contribution >= 4 is 5.97 Å². The van der Waals surface area contributed by atoms with Crippen molar-refractivity contribution < 1.29 is 23.0 Å². The largest absolute Gasteiger partial charge is 0.490 e. The summed E-state index contributed by atoms with van der Waals surface area (Å²) in [5, 5.41) is 3.36. The molecular weight excluding hydrogens is 378 g/mol. The Hall–Kier alpha value is -1.73. The SMILES string of the molecule is CC(C)(C)OC(=O)Cc1cc(F)c(OCCC2(N)CC2C2CCNCC2)cc1F. The Labute approximate surface area is 171 Å². The molecule has 1 aromatic rings. The normalized spacial score (nSPS) is 25.0. The molecule has 2 unspecified atom stereocenters. The summed E-state index contributed by atoms with van der Waals surface area (Å²) in [6.45, 7) is 7.47. The highest BCUT2D eigenvalue weighted by atomic mass is 19.1. The highest BCUT2D eigenvalue weighted by Crippen LogP contribution is 2.51. The van der Waals surface area contributed by atoms with Crippen molar-refractivity contribution in [1.29, 1.82) is 0 Å². The van der Waals surface area contributed by atoms with E-state index in [4.69, 9.17) is 15.2 Å². The highest BCUT2D eigenvalue weighted by molar-refractivity contribution is 5.73. The van der Waals surface area contributed by atoms with E-state index in [1.165, 1.54) is 0 Å². The van der Waals surface area contributed by atoms with Crippen LogP contribution in [0.25, 0.3) is 0 Å². The second-order valence-electron chi connectivity index (χ2n) is 9.37. The maximum atomic E-state index is 14.3. The number of rotatable bonds is 7. The summed E-state index contributed by atoms with van der Waals surface area (Å²) < 4.78 is 39.3. The first-order chi connectivity index (χ1) is 13.6. The van der Waals surface area contributed by atoms with Crippen molar-refractivity contribution in [2.45, 2.75) is 64.0 Å². The van der Waals surface area contributed by atoms with Crippen LogP contribution >= 0.6 is 0 Å². The van der Waals surface area contributed by atoms with Gasteiger partial charge in [0.05, 0.1) is 13.0 Å². The van der Waals surface area contributed by atoms with Gasteiger partial charge in [0.15, 0.2) is 11.6 Å². The van der Waals surface area contributed by atoms with Gasteiger partial charge in [-0.3, -0.25) is 4.79 Å². The number of nitrogens with one attached hydrogen (secondary N) is 1. The van der Waals surface area contributed by atoms with Gasteiger partial charge in [0, 0.05) is 17.2 Å². The first-order valence-electron chi connectivity index (χ1n) is 10.4. The fraction of sp³-hybridized carbons (Fsp3) is 0.682. The third-order valence-electron chi connectivity index (χ3n) is 5.81. The first kappa shape index (κ1) is 22.0. The molecule has 3 rings (SSSR count). The monoisotopic (exact) mass is 410 g/mol. The number of halogens is 2. The summed E-state index contributed by atoms with van der Waals surface area (Å²) in [5.74, 6) is -1.01. The Morgan fingerprint density at radius 1 is 1.24 bits per heavy atom. The third kappa shape index (κ3) is 5.89. The van der Waals surface area contributed by atoms with Crippen LogP contribution in [-0.2, 0) is 16.0 Å². The van der Waals surface area contributed by atoms with E-state index in [0.29, 0.717) is 18.3 Å². The zero-order valence-corrected chi connectivity index (χ0v) is 17.5. The Bertz CT molecular complexity index is 744. The van der Waals surface area contributed by atoms with Gasteiger partial charge in [-0.05, 0) is 77.4 Å². The number of esters is 1. The molecule has 1 aliphatic carbocycles.